The van der Waals surface area contributed by atoms with E-state index in [1.54, 1.807) is 12.1 Å². The summed E-state index contributed by atoms with van der Waals surface area (Å²) in [6.07, 6.45) is -5.26. The van der Waals surface area contributed by atoms with Gasteiger partial charge in [-0.3, -0.25) is 4.79 Å². The molecule has 0 unspecified atom stereocenters. The minimum atomic E-state index is -7.22. The summed E-state index contributed by atoms with van der Waals surface area (Å²) in [5.74, 6) is -71.3. The smallest absolute Gasteiger partial charge is 0.227 e. The maximum atomic E-state index is 15.4. The number of nitrogens with zero attached hydrogens (tertiary/aromatic N) is 2. The van der Waals surface area contributed by atoms with E-state index in [2.05, 4.69) is 18.2 Å². The second-order valence-corrected chi connectivity index (χ2v) is 15.2. The lowest BCUT2D eigenvalue weighted by Crippen LogP contribution is -2.81. The standard InChI is InChI=1S/C24BF20.C24H17N2O/c26-5-1(6(27)14(35)21(42)13(5)34)25(2-7(28)15(36)22(43)16(37)8(2)29,3-9(30)17(38)23(44)18(39)10(3)31)4-11(32)19(40)24(45)20(41)12(4)33;25-16-18-10-12-21(13-11-18)24-22-9-5-4-6-19(22)14-15-26(24)17-23(27)20-7-2-1-3-8-20/h;1-15H,17H2/q-1;+1. The first-order chi connectivity index (χ1) is 34.0. The first kappa shape index (κ1) is 51.6. The van der Waals surface area contributed by atoms with Gasteiger partial charge in [0, 0.05) is 17.2 Å². The van der Waals surface area contributed by atoms with Crippen molar-refractivity contribution in [3.8, 4) is 17.3 Å². The number of aromatic nitrogens is 1. The molecule has 1 heterocycles. The van der Waals surface area contributed by atoms with Gasteiger partial charge in [-0.2, -0.15) is 9.83 Å². The van der Waals surface area contributed by atoms with Gasteiger partial charge >= 0.3 is 0 Å². The second kappa shape index (κ2) is 19.5. The number of ketones is 1. The number of hydrogen-bond donors (Lipinski definition) is 0. The molecule has 0 atom stereocenters. The summed E-state index contributed by atoms with van der Waals surface area (Å²) < 4.78 is 296. The SMILES string of the molecule is Fc1c(F)c(F)c([B-](c2c(F)c(F)c(F)c(F)c2F)(c2c(F)c(F)c(F)c(F)c2F)c2c(F)c(F)c(F)c(F)c2F)c(F)c1F.N#Cc1ccc(-c2c3ccccc3cc[n+]2CC(=O)c2ccccc2)cc1. The molecule has 0 radical (unpaired) electrons. The maximum absolute atomic E-state index is 15.4. The first-order valence-corrected chi connectivity index (χ1v) is 19.7. The molecule has 24 heteroatoms. The first-order valence-electron chi connectivity index (χ1n) is 19.7. The predicted molar refractivity (Wildman–Crippen MR) is 214 cm³/mol. The van der Waals surface area contributed by atoms with E-state index in [1.807, 2.05) is 71.4 Å². The quantitative estimate of drug-likeness (QED) is 0.0380. The van der Waals surface area contributed by atoms with E-state index in [9.17, 15) is 57.5 Å². The summed E-state index contributed by atoms with van der Waals surface area (Å²) >= 11 is 0. The van der Waals surface area contributed by atoms with Crippen LogP contribution in [0, 0.1) is 128 Å². The summed E-state index contributed by atoms with van der Waals surface area (Å²) in [5, 5.41) is 11.3. The lowest BCUT2D eigenvalue weighted by Gasteiger charge is -2.44. The van der Waals surface area contributed by atoms with Crippen LogP contribution in [0.3, 0.4) is 0 Å². The monoisotopic (exact) mass is 1030 g/mol. The zero-order valence-electron chi connectivity index (χ0n) is 34.8. The minimum absolute atomic E-state index is 0.0609. The van der Waals surface area contributed by atoms with Gasteiger partial charge in [-0.05, 0) is 35.7 Å². The Balaban J connectivity index is 0.000000238. The molecule has 0 aliphatic carbocycles. The Morgan fingerprint density at radius 2 is 0.722 bits per heavy atom. The van der Waals surface area contributed by atoms with Gasteiger partial charge in [0.1, 0.15) is 52.7 Å². The van der Waals surface area contributed by atoms with E-state index in [0.29, 0.717) is 11.1 Å². The highest BCUT2D eigenvalue weighted by Crippen LogP contribution is 2.31. The molecule has 0 spiro atoms. The van der Waals surface area contributed by atoms with Crippen LogP contribution >= 0.6 is 0 Å². The molecule has 7 aromatic carbocycles. The second-order valence-electron chi connectivity index (χ2n) is 15.2. The molecular formula is C48H17BF20N2O. The Kier molecular flexibility index (Phi) is 14.0. The highest BCUT2D eigenvalue weighted by Gasteiger charge is 2.52. The maximum Gasteiger partial charge on any atom is 0.227 e. The molecule has 8 rings (SSSR count). The lowest BCUT2D eigenvalue weighted by atomic mass is 9.12. The average Bonchev–Trinajstić information content (AvgIpc) is 3.38. The zero-order valence-corrected chi connectivity index (χ0v) is 34.8. The number of benzene rings is 7. The van der Waals surface area contributed by atoms with Gasteiger partial charge in [-0.25, -0.2) is 87.8 Å². The number of Topliss-reactive ketones (excluding diaryl/α,β-unsaturated/α-hetero) is 1. The molecule has 0 saturated heterocycles. The van der Waals surface area contributed by atoms with E-state index in [0.717, 1.165) is 22.0 Å². The number of halogens is 20. The van der Waals surface area contributed by atoms with Crippen LogP contribution in [0.25, 0.3) is 22.0 Å². The molecule has 0 amide bonds. The van der Waals surface area contributed by atoms with Crippen molar-refractivity contribution in [3.63, 3.8) is 0 Å². The Morgan fingerprint density at radius 3 is 1.07 bits per heavy atom. The van der Waals surface area contributed by atoms with Crippen LogP contribution in [0.1, 0.15) is 15.9 Å². The highest BCUT2D eigenvalue weighted by molar-refractivity contribution is 7.20. The van der Waals surface area contributed by atoms with Gasteiger partial charge in [0.15, 0.2) is 76.0 Å². The summed E-state index contributed by atoms with van der Waals surface area (Å²) in [5.41, 5.74) is -11.1. The van der Waals surface area contributed by atoms with Crippen molar-refractivity contribution >= 4 is 44.6 Å². The van der Waals surface area contributed by atoms with E-state index in [-0.39, 0.29) is 12.3 Å². The molecule has 1 aromatic heterocycles. The fraction of sp³-hybridized carbons (Fsp3) is 0.0208. The van der Waals surface area contributed by atoms with Crippen LogP contribution in [0.2, 0.25) is 0 Å². The van der Waals surface area contributed by atoms with Crippen LogP contribution < -0.4 is 26.4 Å². The fourth-order valence-corrected chi connectivity index (χ4v) is 8.16. The molecule has 0 bridgehead atoms. The Morgan fingerprint density at radius 1 is 0.403 bits per heavy atom. The van der Waals surface area contributed by atoms with Crippen molar-refractivity contribution in [1.82, 2.24) is 0 Å². The van der Waals surface area contributed by atoms with E-state index < -0.39 is 144 Å². The topological polar surface area (TPSA) is 44.7 Å². The third-order valence-corrected chi connectivity index (χ3v) is 11.3. The van der Waals surface area contributed by atoms with Crippen molar-refractivity contribution in [2.45, 2.75) is 6.54 Å². The van der Waals surface area contributed by atoms with Crippen LogP contribution in [0.4, 0.5) is 87.8 Å². The number of carbonyl (C=O) groups excluding carboxylic acids is 1. The van der Waals surface area contributed by atoms with Crippen molar-refractivity contribution in [2.75, 3.05) is 0 Å². The van der Waals surface area contributed by atoms with E-state index >= 15 is 35.1 Å². The molecule has 8 aromatic rings. The molecule has 0 fully saturated rings. The fourth-order valence-electron chi connectivity index (χ4n) is 8.16. The summed E-state index contributed by atoms with van der Waals surface area (Å²) in [6, 6.07) is 29.1. The summed E-state index contributed by atoms with van der Waals surface area (Å²) in [4.78, 5) is 12.8. The minimum Gasteiger partial charge on any atom is -0.287 e. The number of fused-ring (bicyclic) bond motifs is 1. The van der Waals surface area contributed by atoms with Gasteiger partial charge in [-0.15, -0.1) is 21.9 Å². The van der Waals surface area contributed by atoms with Gasteiger partial charge in [0.05, 0.1) is 17.0 Å². The largest absolute Gasteiger partial charge is 0.287 e. The molecule has 368 valence electrons. The zero-order chi connectivity index (χ0) is 53.0. The van der Waals surface area contributed by atoms with Crippen LogP contribution in [-0.2, 0) is 6.54 Å². The van der Waals surface area contributed by atoms with Crippen molar-refractivity contribution in [2.24, 2.45) is 0 Å². The van der Waals surface area contributed by atoms with Crippen LogP contribution in [0.5, 0.6) is 0 Å². The van der Waals surface area contributed by atoms with Crippen molar-refractivity contribution in [1.29, 1.82) is 5.26 Å². The normalized spacial score (nSPS) is 11.4. The molecule has 3 nitrogen and oxygen atoms in total. The number of hydrogen-bond acceptors (Lipinski definition) is 2. The number of pyridine rings is 1. The highest BCUT2D eigenvalue weighted by atomic mass is 19.2. The summed E-state index contributed by atoms with van der Waals surface area (Å²) in [7, 11) is 0. The molecule has 0 aliphatic rings. The van der Waals surface area contributed by atoms with Gasteiger partial charge in [-0.1, -0.05) is 48.5 Å². The Hall–Kier alpha value is -8.23. The van der Waals surface area contributed by atoms with Crippen molar-refractivity contribution < 1.29 is 97.2 Å². The van der Waals surface area contributed by atoms with Crippen molar-refractivity contribution in [3.05, 3.63) is 219 Å². The van der Waals surface area contributed by atoms with E-state index in [4.69, 9.17) is 5.26 Å². The summed E-state index contributed by atoms with van der Waals surface area (Å²) in [6.45, 7) is 0.254. The van der Waals surface area contributed by atoms with Gasteiger partial charge < -0.3 is 0 Å². The van der Waals surface area contributed by atoms with Crippen LogP contribution in [-0.4, -0.2) is 11.9 Å². The van der Waals surface area contributed by atoms with E-state index in [1.165, 1.54) is 0 Å². The number of carbonyl (C=O) groups is 1. The number of nitriles is 1. The van der Waals surface area contributed by atoms with Gasteiger partial charge in [0.2, 0.25) is 18.0 Å². The third kappa shape index (κ3) is 8.11. The molecule has 0 aliphatic heterocycles. The average molecular weight is 1030 g/mol. The van der Waals surface area contributed by atoms with Crippen LogP contribution in [0.15, 0.2) is 91.1 Å². The lowest BCUT2D eigenvalue weighted by molar-refractivity contribution is -0.671. The van der Waals surface area contributed by atoms with Gasteiger partial charge in [0.25, 0.3) is 0 Å². The number of rotatable bonds is 8. The molecule has 72 heavy (non-hydrogen) atoms. The predicted octanol–water partition coefficient (Wildman–Crippen LogP) is 10.4. The molecular weight excluding hydrogens is 1010 g/mol. The molecule has 0 N–H and O–H groups in total. The molecule has 0 saturated carbocycles. The Bertz CT molecular complexity index is 3210. The third-order valence-electron chi connectivity index (χ3n) is 11.3. The Labute approximate surface area is 389 Å².